The minimum Gasteiger partial charge on any atom is -0.481 e. The summed E-state index contributed by atoms with van der Waals surface area (Å²) in [6, 6.07) is 7.78. The van der Waals surface area contributed by atoms with Gasteiger partial charge in [0.25, 0.3) is 0 Å². The number of carboxylic acids is 1. The van der Waals surface area contributed by atoms with E-state index in [2.05, 4.69) is 21.3 Å². The standard InChI is InChI=1S/C19H25N5O7/c20-8-15(26)22-11-17(28)24-14(6-12-4-2-1-3-5-12)19(31)23-10-16(27)21-9-13(25)7-18(29)30/h1-5,14H,6-11,20H2,(H,21,27)(H,22,26)(H,23,31)(H,24,28)(H,29,30)/t14-/m0/s1. The van der Waals surface area contributed by atoms with Crippen molar-refractivity contribution in [2.45, 2.75) is 18.9 Å². The molecule has 1 rings (SSSR count). The van der Waals surface area contributed by atoms with E-state index in [9.17, 15) is 28.8 Å². The largest absolute Gasteiger partial charge is 0.481 e. The van der Waals surface area contributed by atoms with Gasteiger partial charge in [-0.3, -0.25) is 28.8 Å². The lowest BCUT2D eigenvalue weighted by Crippen LogP contribution is -2.52. The van der Waals surface area contributed by atoms with Crippen LogP contribution in [0.4, 0.5) is 0 Å². The SMILES string of the molecule is NCC(=O)NCC(=O)N[C@@H](Cc1ccccc1)C(=O)NCC(=O)NCC(=O)CC(=O)O. The Morgan fingerprint density at radius 1 is 0.839 bits per heavy atom. The number of benzene rings is 1. The van der Waals surface area contributed by atoms with Gasteiger partial charge < -0.3 is 32.1 Å². The molecule has 1 atom stereocenters. The van der Waals surface area contributed by atoms with Gasteiger partial charge in [0.1, 0.15) is 12.5 Å². The molecule has 0 heterocycles. The van der Waals surface area contributed by atoms with E-state index < -0.39 is 60.9 Å². The molecule has 1 aromatic carbocycles. The third kappa shape index (κ3) is 11.1. The number of carboxylic acid groups (broad SMARTS) is 1. The van der Waals surface area contributed by atoms with Crippen LogP contribution in [0.25, 0.3) is 0 Å². The number of hydrogen-bond acceptors (Lipinski definition) is 7. The predicted molar refractivity (Wildman–Crippen MR) is 107 cm³/mol. The molecule has 0 aliphatic rings. The van der Waals surface area contributed by atoms with Crippen molar-refractivity contribution >= 4 is 35.4 Å². The van der Waals surface area contributed by atoms with Crippen molar-refractivity contribution in [3.63, 3.8) is 0 Å². The highest BCUT2D eigenvalue weighted by Gasteiger charge is 2.22. The van der Waals surface area contributed by atoms with Crippen LogP contribution in [0.2, 0.25) is 0 Å². The third-order valence-corrected chi connectivity index (χ3v) is 3.82. The number of nitrogens with two attached hydrogens (primary N) is 1. The maximum atomic E-state index is 12.5. The molecule has 7 N–H and O–H groups in total. The zero-order chi connectivity index (χ0) is 23.2. The Morgan fingerprint density at radius 3 is 2.06 bits per heavy atom. The fourth-order valence-corrected chi connectivity index (χ4v) is 2.34. The summed E-state index contributed by atoms with van der Waals surface area (Å²) in [5, 5.41) is 17.8. The van der Waals surface area contributed by atoms with Gasteiger partial charge in [-0.05, 0) is 5.56 Å². The average Bonchev–Trinajstić information content (AvgIpc) is 2.74. The fourth-order valence-electron chi connectivity index (χ4n) is 2.34. The summed E-state index contributed by atoms with van der Waals surface area (Å²) in [4.78, 5) is 69.2. The molecule has 0 aliphatic carbocycles. The van der Waals surface area contributed by atoms with E-state index in [0.29, 0.717) is 0 Å². The van der Waals surface area contributed by atoms with E-state index in [1.807, 2.05) is 0 Å². The zero-order valence-electron chi connectivity index (χ0n) is 16.7. The van der Waals surface area contributed by atoms with E-state index in [-0.39, 0.29) is 19.5 Å². The van der Waals surface area contributed by atoms with Crippen LogP contribution in [0.15, 0.2) is 30.3 Å². The van der Waals surface area contributed by atoms with Gasteiger partial charge in [0, 0.05) is 6.42 Å². The first kappa shape index (κ1) is 25.2. The Labute approximate surface area is 177 Å². The van der Waals surface area contributed by atoms with E-state index in [1.165, 1.54) is 0 Å². The molecule has 0 fully saturated rings. The summed E-state index contributed by atoms with van der Waals surface area (Å²) in [5.74, 6) is -4.52. The van der Waals surface area contributed by atoms with E-state index in [1.54, 1.807) is 30.3 Å². The maximum absolute atomic E-state index is 12.5. The lowest BCUT2D eigenvalue weighted by Gasteiger charge is -2.19. The van der Waals surface area contributed by atoms with Crippen LogP contribution >= 0.6 is 0 Å². The van der Waals surface area contributed by atoms with Crippen molar-refractivity contribution < 1.29 is 33.9 Å². The van der Waals surface area contributed by atoms with Crippen molar-refractivity contribution in [3.05, 3.63) is 35.9 Å². The molecule has 0 saturated heterocycles. The minimum atomic E-state index is -1.31. The molecule has 0 saturated carbocycles. The highest BCUT2D eigenvalue weighted by atomic mass is 16.4. The molecule has 0 aliphatic heterocycles. The zero-order valence-corrected chi connectivity index (χ0v) is 16.7. The van der Waals surface area contributed by atoms with Gasteiger partial charge in [0.15, 0.2) is 5.78 Å². The Bertz CT molecular complexity index is 813. The van der Waals surface area contributed by atoms with Gasteiger partial charge in [-0.1, -0.05) is 30.3 Å². The molecular formula is C19H25N5O7. The van der Waals surface area contributed by atoms with Gasteiger partial charge >= 0.3 is 5.97 Å². The van der Waals surface area contributed by atoms with Crippen LogP contribution in [0.1, 0.15) is 12.0 Å². The number of ketones is 1. The molecule has 12 heteroatoms. The number of hydrogen-bond donors (Lipinski definition) is 6. The molecule has 12 nitrogen and oxygen atoms in total. The number of amides is 4. The maximum Gasteiger partial charge on any atom is 0.310 e. The first-order valence-electron chi connectivity index (χ1n) is 9.29. The summed E-state index contributed by atoms with van der Waals surface area (Å²) in [7, 11) is 0. The van der Waals surface area contributed by atoms with Gasteiger partial charge in [0.05, 0.1) is 26.2 Å². The van der Waals surface area contributed by atoms with Gasteiger partial charge in [-0.2, -0.15) is 0 Å². The lowest BCUT2D eigenvalue weighted by atomic mass is 10.1. The monoisotopic (exact) mass is 435 g/mol. The molecule has 0 radical (unpaired) electrons. The van der Waals surface area contributed by atoms with Crippen molar-refractivity contribution in [3.8, 4) is 0 Å². The van der Waals surface area contributed by atoms with Crippen LogP contribution < -0.4 is 27.0 Å². The van der Waals surface area contributed by atoms with Crippen LogP contribution in [0.3, 0.4) is 0 Å². The number of aliphatic carboxylic acids is 1. The molecule has 0 unspecified atom stereocenters. The number of carbonyl (C=O) groups excluding carboxylic acids is 5. The van der Waals surface area contributed by atoms with Crippen LogP contribution in [0, 0.1) is 0 Å². The second-order valence-electron chi connectivity index (χ2n) is 6.39. The second-order valence-corrected chi connectivity index (χ2v) is 6.39. The summed E-state index contributed by atoms with van der Waals surface area (Å²) in [5.41, 5.74) is 5.90. The fraction of sp³-hybridized carbons (Fsp3) is 0.368. The van der Waals surface area contributed by atoms with Crippen molar-refractivity contribution in [1.29, 1.82) is 0 Å². The molecule has 1 aromatic rings. The quantitative estimate of drug-likeness (QED) is 0.177. The molecule has 168 valence electrons. The molecular weight excluding hydrogens is 410 g/mol. The topological polar surface area (TPSA) is 197 Å². The number of Topliss-reactive ketones (excluding diaryl/α,β-unsaturated/α-hetero) is 1. The predicted octanol–water partition coefficient (Wildman–Crippen LogP) is -2.93. The molecule has 4 amide bonds. The van der Waals surface area contributed by atoms with Crippen molar-refractivity contribution in [2.75, 3.05) is 26.2 Å². The Hall–Kier alpha value is -3.80. The number of carbonyl (C=O) groups is 6. The van der Waals surface area contributed by atoms with Crippen molar-refractivity contribution in [2.24, 2.45) is 5.73 Å². The lowest BCUT2D eigenvalue weighted by molar-refractivity contribution is -0.140. The molecule has 0 bridgehead atoms. The van der Waals surface area contributed by atoms with Gasteiger partial charge in [0.2, 0.25) is 23.6 Å². The number of rotatable bonds is 13. The molecule has 0 aromatic heterocycles. The Balaban J connectivity index is 2.62. The summed E-state index contributed by atoms with van der Waals surface area (Å²) < 4.78 is 0. The Kier molecular flexibility index (Phi) is 10.9. The normalized spacial score (nSPS) is 11.0. The van der Waals surface area contributed by atoms with E-state index in [0.717, 1.165) is 5.56 Å². The van der Waals surface area contributed by atoms with Crippen LogP contribution in [-0.2, 0) is 35.2 Å². The number of nitrogens with one attached hydrogen (secondary N) is 4. The summed E-state index contributed by atoms with van der Waals surface area (Å²) in [6.45, 7) is -1.62. The van der Waals surface area contributed by atoms with Gasteiger partial charge in [-0.25, -0.2) is 0 Å². The first-order valence-corrected chi connectivity index (χ1v) is 9.29. The van der Waals surface area contributed by atoms with Crippen molar-refractivity contribution in [1.82, 2.24) is 21.3 Å². The average molecular weight is 435 g/mol. The van der Waals surface area contributed by atoms with Crippen LogP contribution in [-0.4, -0.2) is 72.7 Å². The molecule has 31 heavy (non-hydrogen) atoms. The first-order chi connectivity index (χ1) is 14.7. The summed E-state index contributed by atoms with van der Waals surface area (Å²) in [6.07, 6.45) is -0.597. The van der Waals surface area contributed by atoms with E-state index >= 15 is 0 Å². The highest BCUT2D eigenvalue weighted by Crippen LogP contribution is 2.03. The second kappa shape index (κ2) is 13.4. The van der Waals surface area contributed by atoms with Gasteiger partial charge in [-0.15, -0.1) is 0 Å². The smallest absolute Gasteiger partial charge is 0.310 e. The third-order valence-electron chi connectivity index (χ3n) is 3.82. The van der Waals surface area contributed by atoms with Crippen LogP contribution in [0.5, 0.6) is 0 Å². The summed E-state index contributed by atoms with van der Waals surface area (Å²) >= 11 is 0. The Morgan fingerprint density at radius 2 is 1.45 bits per heavy atom. The van der Waals surface area contributed by atoms with E-state index in [4.69, 9.17) is 10.8 Å². The highest BCUT2D eigenvalue weighted by molar-refractivity contribution is 5.98. The molecule has 0 spiro atoms. The minimum absolute atomic E-state index is 0.127.